The molecule has 100 valence electrons. The van der Waals surface area contributed by atoms with Crippen LogP contribution in [-0.4, -0.2) is 30.0 Å². The van der Waals surface area contributed by atoms with Gasteiger partial charge in [0, 0.05) is 19.3 Å². The molecule has 0 fully saturated rings. The predicted octanol–water partition coefficient (Wildman–Crippen LogP) is 0.580. The highest BCUT2D eigenvalue weighted by atomic mass is 32.2. The topological polar surface area (TPSA) is 101 Å². The first-order valence-electron chi connectivity index (χ1n) is 5.45. The van der Waals surface area contributed by atoms with Crippen LogP contribution in [0.3, 0.4) is 0 Å². The quantitative estimate of drug-likeness (QED) is 0.786. The summed E-state index contributed by atoms with van der Waals surface area (Å²) in [5.41, 5.74) is 0. The summed E-state index contributed by atoms with van der Waals surface area (Å²) in [4.78, 5) is 0.378. The van der Waals surface area contributed by atoms with Crippen LogP contribution in [0.5, 0.6) is 0 Å². The molecular weight excluding hydrogens is 286 g/mol. The number of rotatable bonds is 6. The van der Waals surface area contributed by atoms with Crippen molar-refractivity contribution in [3.63, 3.8) is 0 Å². The van der Waals surface area contributed by atoms with Crippen LogP contribution in [0.15, 0.2) is 28.7 Å². The van der Waals surface area contributed by atoms with Gasteiger partial charge < -0.3 is 0 Å². The molecule has 0 radical (unpaired) electrons. The lowest BCUT2D eigenvalue weighted by molar-refractivity contribution is 0.543. The first kappa shape index (κ1) is 13.7. The average Bonchev–Trinajstić information content (AvgIpc) is 3.05. The zero-order valence-corrected chi connectivity index (χ0v) is 11.5. The molecule has 0 aliphatic heterocycles. The van der Waals surface area contributed by atoms with Gasteiger partial charge in [-0.05, 0) is 18.6 Å². The molecule has 0 atom stereocenters. The highest BCUT2D eigenvalue weighted by Gasteiger charge is 2.15. The standard InChI is InChI=1S/C10H11N5O2S2/c11-8-9-2-3-10(18-9)19(16,17)13-4-1-6-15-7-5-12-14-15/h2-3,5,7,13H,1,4,6H2. The van der Waals surface area contributed by atoms with Gasteiger partial charge in [0.1, 0.15) is 15.2 Å². The van der Waals surface area contributed by atoms with Crippen molar-refractivity contribution in [1.29, 1.82) is 5.26 Å². The van der Waals surface area contributed by atoms with E-state index in [2.05, 4.69) is 15.0 Å². The Balaban J connectivity index is 1.86. The molecule has 0 aliphatic carbocycles. The van der Waals surface area contributed by atoms with Crippen LogP contribution in [0.1, 0.15) is 11.3 Å². The van der Waals surface area contributed by atoms with Gasteiger partial charge in [0.2, 0.25) is 10.0 Å². The van der Waals surface area contributed by atoms with Crippen molar-refractivity contribution in [2.24, 2.45) is 0 Å². The molecular formula is C10H11N5O2S2. The molecule has 0 amide bonds. The van der Waals surface area contributed by atoms with Gasteiger partial charge in [-0.25, -0.2) is 13.1 Å². The third-order valence-electron chi connectivity index (χ3n) is 2.28. The second-order valence-electron chi connectivity index (χ2n) is 3.65. The van der Waals surface area contributed by atoms with Crippen molar-refractivity contribution in [2.45, 2.75) is 17.2 Å². The third-order valence-corrected chi connectivity index (χ3v) is 5.23. The van der Waals surface area contributed by atoms with E-state index in [-0.39, 0.29) is 4.21 Å². The molecule has 0 aromatic carbocycles. The Morgan fingerprint density at radius 1 is 1.47 bits per heavy atom. The number of hydrogen-bond acceptors (Lipinski definition) is 6. The maximum atomic E-state index is 11.9. The lowest BCUT2D eigenvalue weighted by Crippen LogP contribution is -2.24. The molecule has 0 saturated heterocycles. The summed E-state index contributed by atoms with van der Waals surface area (Å²) in [5.74, 6) is 0. The molecule has 0 saturated carbocycles. The monoisotopic (exact) mass is 297 g/mol. The maximum absolute atomic E-state index is 11.9. The van der Waals surface area contributed by atoms with Gasteiger partial charge in [-0.15, -0.1) is 16.4 Å². The van der Waals surface area contributed by atoms with E-state index < -0.39 is 10.0 Å². The lowest BCUT2D eigenvalue weighted by atomic mass is 10.4. The second-order valence-corrected chi connectivity index (χ2v) is 6.73. The molecule has 0 spiro atoms. The smallest absolute Gasteiger partial charge is 0.250 e. The average molecular weight is 297 g/mol. The molecule has 2 rings (SSSR count). The minimum atomic E-state index is -3.52. The van der Waals surface area contributed by atoms with Crippen LogP contribution in [0.4, 0.5) is 0 Å². The molecule has 2 aromatic heterocycles. The number of aromatic nitrogens is 3. The van der Waals surface area contributed by atoms with Crippen molar-refractivity contribution in [3.05, 3.63) is 29.4 Å². The Labute approximate surface area is 114 Å². The van der Waals surface area contributed by atoms with Crippen molar-refractivity contribution in [2.75, 3.05) is 6.54 Å². The zero-order chi connectivity index (χ0) is 13.7. The van der Waals surface area contributed by atoms with Crippen LogP contribution in [0, 0.1) is 11.3 Å². The SMILES string of the molecule is N#Cc1ccc(S(=O)(=O)NCCCn2ccnn2)s1. The van der Waals surface area contributed by atoms with Crippen molar-refractivity contribution >= 4 is 21.4 Å². The lowest BCUT2D eigenvalue weighted by Gasteiger charge is -2.04. The number of sulfonamides is 1. The minimum absolute atomic E-state index is 0.157. The summed E-state index contributed by atoms with van der Waals surface area (Å²) in [7, 11) is -3.52. The Morgan fingerprint density at radius 3 is 2.95 bits per heavy atom. The highest BCUT2D eigenvalue weighted by molar-refractivity contribution is 7.91. The molecule has 0 unspecified atom stereocenters. The summed E-state index contributed by atoms with van der Waals surface area (Å²) in [6, 6.07) is 4.84. The molecule has 19 heavy (non-hydrogen) atoms. The van der Waals surface area contributed by atoms with Crippen LogP contribution in [-0.2, 0) is 16.6 Å². The van der Waals surface area contributed by atoms with E-state index >= 15 is 0 Å². The van der Waals surface area contributed by atoms with Crippen LogP contribution < -0.4 is 4.72 Å². The maximum Gasteiger partial charge on any atom is 0.250 e. The van der Waals surface area contributed by atoms with Crippen molar-refractivity contribution in [1.82, 2.24) is 19.7 Å². The molecule has 7 nitrogen and oxygen atoms in total. The Bertz CT molecular complexity index is 669. The fraction of sp³-hybridized carbons (Fsp3) is 0.300. The molecule has 2 heterocycles. The summed E-state index contributed by atoms with van der Waals surface area (Å²) >= 11 is 0.956. The highest BCUT2D eigenvalue weighted by Crippen LogP contribution is 2.20. The van der Waals surface area contributed by atoms with E-state index in [0.717, 1.165) is 11.3 Å². The van der Waals surface area contributed by atoms with Crippen LogP contribution >= 0.6 is 11.3 Å². The number of aryl methyl sites for hydroxylation is 1. The van der Waals surface area contributed by atoms with Gasteiger partial charge in [0.25, 0.3) is 0 Å². The van der Waals surface area contributed by atoms with Crippen LogP contribution in [0.25, 0.3) is 0 Å². The largest absolute Gasteiger partial charge is 0.253 e. The molecule has 1 N–H and O–H groups in total. The van der Waals surface area contributed by atoms with Gasteiger partial charge in [-0.3, -0.25) is 4.68 Å². The summed E-state index contributed by atoms with van der Waals surface area (Å²) in [5, 5.41) is 16.1. The van der Waals surface area contributed by atoms with E-state index in [4.69, 9.17) is 5.26 Å². The second kappa shape index (κ2) is 5.92. The van der Waals surface area contributed by atoms with Crippen molar-refractivity contribution in [3.8, 4) is 6.07 Å². The van der Waals surface area contributed by atoms with Gasteiger partial charge in [-0.1, -0.05) is 5.21 Å². The number of nitrogens with one attached hydrogen (secondary N) is 1. The van der Waals surface area contributed by atoms with E-state index in [1.54, 1.807) is 17.1 Å². The number of nitrogens with zero attached hydrogens (tertiary/aromatic N) is 4. The summed E-state index contributed by atoms with van der Waals surface area (Å²) < 4.78 is 28.0. The number of thiophene rings is 1. The van der Waals surface area contributed by atoms with E-state index in [1.807, 2.05) is 6.07 Å². The van der Waals surface area contributed by atoms with Crippen LogP contribution in [0.2, 0.25) is 0 Å². The van der Waals surface area contributed by atoms with E-state index in [9.17, 15) is 8.42 Å². The number of nitriles is 1. The zero-order valence-electron chi connectivity index (χ0n) is 9.85. The molecule has 0 bridgehead atoms. The fourth-order valence-corrected chi connectivity index (χ4v) is 3.62. The Morgan fingerprint density at radius 2 is 2.32 bits per heavy atom. The molecule has 9 heteroatoms. The van der Waals surface area contributed by atoms with E-state index in [1.165, 1.54) is 12.1 Å². The Hall–Kier alpha value is -1.76. The van der Waals surface area contributed by atoms with Crippen molar-refractivity contribution < 1.29 is 8.42 Å². The first-order valence-corrected chi connectivity index (χ1v) is 7.75. The minimum Gasteiger partial charge on any atom is -0.253 e. The van der Waals surface area contributed by atoms with Gasteiger partial charge in [0.05, 0.1) is 6.20 Å². The van der Waals surface area contributed by atoms with Gasteiger partial charge in [-0.2, -0.15) is 5.26 Å². The third kappa shape index (κ3) is 3.60. The van der Waals surface area contributed by atoms with Gasteiger partial charge in [0.15, 0.2) is 0 Å². The first-order chi connectivity index (χ1) is 9.12. The summed E-state index contributed by atoms with van der Waals surface area (Å²) in [6.45, 7) is 0.901. The molecule has 0 aliphatic rings. The van der Waals surface area contributed by atoms with Gasteiger partial charge >= 0.3 is 0 Å². The number of hydrogen-bond donors (Lipinski definition) is 1. The summed E-state index contributed by atoms with van der Waals surface area (Å²) in [6.07, 6.45) is 3.89. The Kier molecular flexibility index (Phi) is 4.26. The van der Waals surface area contributed by atoms with E-state index in [0.29, 0.717) is 24.4 Å². The predicted molar refractivity (Wildman–Crippen MR) is 68.9 cm³/mol. The molecule has 2 aromatic rings. The fourth-order valence-electron chi connectivity index (χ4n) is 1.40. The normalized spacial score (nSPS) is 11.3.